The predicted molar refractivity (Wildman–Crippen MR) is 76.7 cm³/mol. The molecule has 1 aromatic heterocycles. The van der Waals surface area contributed by atoms with E-state index in [2.05, 4.69) is 20.6 Å². The van der Waals surface area contributed by atoms with E-state index in [1.807, 2.05) is 24.8 Å². The SMILES string of the molecule is CCNc1cc(N2CCNC(=O)C2)nc(COCC)n1. The molecule has 0 spiro atoms. The molecule has 0 atom stereocenters. The number of hydrogen-bond acceptors (Lipinski definition) is 6. The minimum absolute atomic E-state index is 0.0196. The van der Waals surface area contributed by atoms with Crippen molar-refractivity contribution in [1.82, 2.24) is 15.3 Å². The number of ether oxygens (including phenoxy) is 1. The van der Waals surface area contributed by atoms with Gasteiger partial charge < -0.3 is 20.3 Å². The molecule has 1 aromatic rings. The van der Waals surface area contributed by atoms with E-state index in [1.54, 1.807) is 0 Å². The van der Waals surface area contributed by atoms with Crippen molar-refractivity contribution >= 4 is 17.5 Å². The third-order valence-corrected chi connectivity index (χ3v) is 2.91. The van der Waals surface area contributed by atoms with E-state index in [-0.39, 0.29) is 5.91 Å². The van der Waals surface area contributed by atoms with Crippen LogP contribution in [-0.4, -0.2) is 48.7 Å². The highest BCUT2D eigenvalue weighted by atomic mass is 16.5. The van der Waals surface area contributed by atoms with Crippen molar-refractivity contribution in [1.29, 1.82) is 0 Å². The fourth-order valence-electron chi connectivity index (χ4n) is 2.01. The molecule has 0 bridgehead atoms. The van der Waals surface area contributed by atoms with Crippen molar-refractivity contribution < 1.29 is 9.53 Å². The Bertz CT molecular complexity index is 466. The second kappa shape index (κ2) is 7.04. The van der Waals surface area contributed by atoms with Gasteiger partial charge in [0.25, 0.3) is 0 Å². The van der Waals surface area contributed by atoms with Gasteiger partial charge in [0, 0.05) is 32.3 Å². The number of carbonyl (C=O) groups excluding carboxylic acids is 1. The molecule has 20 heavy (non-hydrogen) atoms. The molecule has 0 saturated carbocycles. The van der Waals surface area contributed by atoms with Gasteiger partial charge in [-0.25, -0.2) is 9.97 Å². The first-order chi connectivity index (χ1) is 9.72. The number of rotatable bonds is 6. The average molecular weight is 279 g/mol. The number of anilines is 2. The molecule has 110 valence electrons. The van der Waals surface area contributed by atoms with Crippen LogP contribution in [-0.2, 0) is 16.1 Å². The number of piperazine rings is 1. The Hall–Kier alpha value is -1.89. The molecule has 0 aliphatic carbocycles. The molecule has 2 rings (SSSR count). The van der Waals surface area contributed by atoms with Crippen molar-refractivity contribution in [2.45, 2.75) is 20.5 Å². The van der Waals surface area contributed by atoms with Crippen LogP contribution >= 0.6 is 0 Å². The number of carbonyl (C=O) groups is 1. The molecule has 0 radical (unpaired) electrons. The minimum atomic E-state index is 0.0196. The van der Waals surface area contributed by atoms with Crippen LogP contribution in [0.2, 0.25) is 0 Å². The van der Waals surface area contributed by atoms with Crippen LogP contribution in [0, 0.1) is 0 Å². The molecule has 2 heterocycles. The molecule has 7 heteroatoms. The lowest BCUT2D eigenvalue weighted by Gasteiger charge is -2.28. The number of nitrogens with one attached hydrogen (secondary N) is 2. The molecule has 0 unspecified atom stereocenters. The first-order valence-corrected chi connectivity index (χ1v) is 6.94. The van der Waals surface area contributed by atoms with Crippen molar-refractivity contribution in [3.05, 3.63) is 11.9 Å². The fraction of sp³-hybridized carbons (Fsp3) is 0.615. The van der Waals surface area contributed by atoms with Gasteiger partial charge in [0.1, 0.15) is 18.2 Å². The Morgan fingerprint density at radius 3 is 3.00 bits per heavy atom. The van der Waals surface area contributed by atoms with Crippen molar-refractivity contribution in [3.63, 3.8) is 0 Å². The Morgan fingerprint density at radius 2 is 2.30 bits per heavy atom. The normalized spacial score (nSPS) is 15.1. The van der Waals surface area contributed by atoms with Crippen molar-refractivity contribution in [2.75, 3.05) is 43.0 Å². The molecule has 1 aliphatic heterocycles. The Balaban J connectivity index is 2.20. The van der Waals surface area contributed by atoms with Gasteiger partial charge in [-0.1, -0.05) is 0 Å². The van der Waals surface area contributed by atoms with Crippen LogP contribution in [0.15, 0.2) is 6.07 Å². The quantitative estimate of drug-likeness (QED) is 0.784. The lowest BCUT2D eigenvalue weighted by molar-refractivity contribution is -0.120. The molecule has 1 aliphatic rings. The first-order valence-electron chi connectivity index (χ1n) is 6.94. The Kier molecular flexibility index (Phi) is 5.11. The predicted octanol–water partition coefficient (Wildman–Crippen LogP) is 0.381. The van der Waals surface area contributed by atoms with Gasteiger partial charge >= 0.3 is 0 Å². The highest BCUT2D eigenvalue weighted by Crippen LogP contribution is 2.17. The lowest BCUT2D eigenvalue weighted by atomic mass is 10.3. The maximum absolute atomic E-state index is 11.5. The Morgan fingerprint density at radius 1 is 1.45 bits per heavy atom. The summed E-state index contributed by atoms with van der Waals surface area (Å²) in [6, 6.07) is 1.87. The van der Waals surface area contributed by atoms with Gasteiger partial charge in [0.2, 0.25) is 5.91 Å². The summed E-state index contributed by atoms with van der Waals surface area (Å²) in [6.07, 6.45) is 0. The molecule has 0 aromatic carbocycles. The van der Waals surface area contributed by atoms with Gasteiger partial charge in [-0.15, -0.1) is 0 Å². The van der Waals surface area contributed by atoms with Crippen LogP contribution in [0.25, 0.3) is 0 Å². The van der Waals surface area contributed by atoms with E-state index in [9.17, 15) is 4.79 Å². The molecular formula is C13H21N5O2. The van der Waals surface area contributed by atoms with Gasteiger partial charge in [-0.3, -0.25) is 4.79 Å². The summed E-state index contributed by atoms with van der Waals surface area (Å²) in [5.74, 6) is 2.18. The zero-order chi connectivity index (χ0) is 14.4. The number of hydrogen-bond donors (Lipinski definition) is 2. The van der Waals surface area contributed by atoms with E-state index >= 15 is 0 Å². The largest absolute Gasteiger partial charge is 0.374 e. The zero-order valence-corrected chi connectivity index (χ0v) is 12.0. The van der Waals surface area contributed by atoms with E-state index in [1.165, 1.54) is 0 Å². The van der Waals surface area contributed by atoms with Crippen LogP contribution < -0.4 is 15.5 Å². The zero-order valence-electron chi connectivity index (χ0n) is 12.0. The molecule has 7 nitrogen and oxygen atoms in total. The van der Waals surface area contributed by atoms with E-state index in [4.69, 9.17) is 4.74 Å². The summed E-state index contributed by atoms with van der Waals surface area (Å²) >= 11 is 0. The molecule has 2 N–H and O–H groups in total. The smallest absolute Gasteiger partial charge is 0.239 e. The standard InChI is InChI=1S/C13H21N5O2/c1-3-14-10-7-12(17-11(16-10)9-20-4-2)18-6-5-15-13(19)8-18/h7H,3-6,8-9H2,1-2H3,(H,15,19)(H,14,16,17). The summed E-state index contributed by atoms with van der Waals surface area (Å²) in [5.41, 5.74) is 0. The van der Waals surface area contributed by atoms with Crippen LogP contribution in [0.4, 0.5) is 11.6 Å². The molecule has 1 amide bonds. The summed E-state index contributed by atoms with van der Waals surface area (Å²) in [4.78, 5) is 22.3. The monoisotopic (exact) mass is 279 g/mol. The van der Waals surface area contributed by atoms with Gasteiger partial charge in [0.05, 0.1) is 6.54 Å². The minimum Gasteiger partial charge on any atom is -0.374 e. The second-order valence-corrected chi connectivity index (χ2v) is 4.47. The van der Waals surface area contributed by atoms with Crippen LogP contribution in [0.5, 0.6) is 0 Å². The number of aromatic nitrogens is 2. The third-order valence-electron chi connectivity index (χ3n) is 2.91. The molecule has 1 fully saturated rings. The lowest BCUT2D eigenvalue weighted by Crippen LogP contribution is -2.48. The van der Waals surface area contributed by atoms with Crippen molar-refractivity contribution in [3.8, 4) is 0 Å². The summed E-state index contributed by atoms with van der Waals surface area (Å²) in [6.45, 7) is 7.45. The van der Waals surface area contributed by atoms with Gasteiger partial charge in [-0.05, 0) is 13.8 Å². The third kappa shape index (κ3) is 3.80. The number of nitrogens with zero attached hydrogens (tertiary/aromatic N) is 3. The van der Waals surface area contributed by atoms with Gasteiger partial charge in [0.15, 0.2) is 5.82 Å². The molecular weight excluding hydrogens is 258 g/mol. The second-order valence-electron chi connectivity index (χ2n) is 4.47. The first kappa shape index (κ1) is 14.5. The average Bonchev–Trinajstić information content (AvgIpc) is 2.45. The summed E-state index contributed by atoms with van der Waals surface area (Å²) < 4.78 is 5.37. The van der Waals surface area contributed by atoms with Gasteiger partial charge in [-0.2, -0.15) is 0 Å². The number of amides is 1. The van der Waals surface area contributed by atoms with E-state index < -0.39 is 0 Å². The molecule has 1 saturated heterocycles. The van der Waals surface area contributed by atoms with E-state index in [0.717, 1.165) is 24.7 Å². The maximum Gasteiger partial charge on any atom is 0.239 e. The topological polar surface area (TPSA) is 79.4 Å². The summed E-state index contributed by atoms with van der Waals surface area (Å²) in [5, 5.41) is 5.99. The van der Waals surface area contributed by atoms with Crippen LogP contribution in [0.1, 0.15) is 19.7 Å². The Labute approximate surface area is 118 Å². The van der Waals surface area contributed by atoms with Crippen LogP contribution in [0.3, 0.4) is 0 Å². The van der Waals surface area contributed by atoms with E-state index in [0.29, 0.717) is 32.1 Å². The maximum atomic E-state index is 11.5. The highest BCUT2D eigenvalue weighted by molar-refractivity contribution is 5.82. The highest BCUT2D eigenvalue weighted by Gasteiger charge is 2.19. The summed E-state index contributed by atoms with van der Waals surface area (Å²) in [7, 11) is 0. The fourth-order valence-corrected chi connectivity index (χ4v) is 2.01. The van der Waals surface area contributed by atoms with Crippen molar-refractivity contribution in [2.24, 2.45) is 0 Å².